The molecule has 0 aliphatic heterocycles. The first kappa shape index (κ1) is 10.2. The summed E-state index contributed by atoms with van der Waals surface area (Å²) in [4.78, 5) is 0. The SMILES string of the molecule is Cc1cc(C2CC3(CC3)C2)c(Cl)cc1Br. The minimum atomic E-state index is 0.729. The molecule has 80 valence electrons. The van der Waals surface area contributed by atoms with Crippen LogP contribution in [-0.4, -0.2) is 0 Å². The normalized spacial score (nSPS) is 22.9. The molecule has 1 aromatic rings. The Bertz CT molecular complexity index is 413. The van der Waals surface area contributed by atoms with E-state index in [1.54, 1.807) is 0 Å². The molecule has 0 unspecified atom stereocenters. The van der Waals surface area contributed by atoms with Gasteiger partial charge in [0.2, 0.25) is 0 Å². The second kappa shape index (κ2) is 3.24. The summed E-state index contributed by atoms with van der Waals surface area (Å²) in [5.41, 5.74) is 3.43. The molecule has 2 saturated carbocycles. The lowest BCUT2D eigenvalue weighted by atomic mass is 9.68. The van der Waals surface area contributed by atoms with Gasteiger partial charge in [-0.1, -0.05) is 33.6 Å². The van der Waals surface area contributed by atoms with Gasteiger partial charge in [0.25, 0.3) is 0 Å². The first-order valence-corrected chi connectivity index (χ1v) is 6.72. The summed E-state index contributed by atoms with van der Waals surface area (Å²) >= 11 is 9.81. The molecular formula is C13H14BrCl. The van der Waals surface area contributed by atoms with Gasteiger partial charge >= 0.3 is 0 Å². The molecule has 0 nitrogen and oxygen atoms in total. The van der Waals surface area contributed by atoms with Gasteiger partial charge in [-0.15, -0.1) is 0 Å². The molecule has 0 aromatic heterocycles. The summed E-state index contributed by atoms with van der Waals surface area (Å²) in [6.07, 6.45) is 5.65. The summed E-state index contributed by atoms with van der Waals surface area (Å²) in [6, 6.07) is 4.30. The molecule has 0 atom stereocenters. The molecular weight excluding hydrogens is 272 g/mol. The monoisotopic (exact) mass is 284 g/mol. The highest BCUT2D eigenvalue weighted by Gasteiger charge is 2.53. The van der Waals surface area contributed by atoms with Gasteiger partial charge in [0.15, 0.2) is 0 Å². The molecule has 2 fully saturated rings. The van der Waals surface area contributed by atoms with Gasteiger partial charge in [0.05, 0.1) is 0 Å². The average Bonchev–Trinajstić information content (AvgIpc) is 2.89. The predicted octanol–water partition coefficient (Wildman–Crippen LogP) is 5.07. The van der Waals surface area contributed by atoms with Crippen molar-refractivity contribution < 1.29 is 0 Å². The van der Waals surface area contributed by atoms with Gasteiger partial charge in [0.1, 0.15) is 0 Å². The van der Waals surface area contributed by atoms with E-state index in [-0.39, 0.29) is 0 Å². The molecule has 2 aliphatic carbocycles. The topological polar surface area (TPSA) is 0 Å². The van der Waals surface area contributed by atoms with E-state index >= 15 is 0 Å². The Morgan fingerprint density at radius 2 is 2.00 bits per heavy atom. The first-order valence-electron chi connectivity index (χ1n) is 5.55. The van der Waals surface area contributed by atoms with E-state index in [1.165, 1.54) is 36.8 Å². The highest BCUT2D eigenvalue weighted by Crippen LogP contribution is 2.66. The van der Waals surface area contributed by atoms with Crippen LogP contribution in [0.5, 0.6) is 0 Å². The maximum atomic E-state index is 6.29. The minimum Gasteiger partial charge on any atom is -0.0840 e. The van der Waals surface area contributed by atoms with Gasteiger partial charge < -0.3 is 0 Å². The van der Waals surface area contributed by atoms with Crippen molar-refractivity contribution in [1.29, 1.82) is 0 Å². The molecule has 0 radical (unpaired) electrons. The van der Waals surface area contributed by atoms with Crippen LogP contribution in [0.1, 0.15) is 42.7 Å². The van der Waals surface area contributed by atoms with Crippen molar-refractivity contribution in [2.75, 3.05) is 0 Å². The van der Waals surface area contributed by atoms with Gasteiger partial charge in [-0.05, 0) is 61.1 Å². The van der Waals surface area contributed by atoms with E-state index in [9.17, 15) is 0 Å². The lowest BCUT2D eigenvalue weighted by Gasteiger charge is -2.37. The third kappa shape index (κ3) is 1.64. The first-order chi connectivity index (χ1) is 7.10. The molecule has 1 aromatic carbocycles. The average molecular weight is 286 g/mol. The predicted molar refractivity (Wildman–Crippen MR) is 67.5 cm³/mol. The summed E-state index contributed by atoms with van der Waals surface area (Å²) in [7, 11) is 0. The van der Waals surface area contributed by atoms with Crippen molar-refractivity contribution in [3.05, 3.63) is 32.8 Å². The highest BCUT2D eigenvalue weighted by molar-refractivity contribution is 9.10. The fraction of sp³-hybridized carbons (Fsp3) is 0.538. The molecule has 0 bridgehead atoms. The Labute approximate surface area is 104 Å². The Morgan fingerprint density at radius 1 is 1.33 bits per heavy atom. The zero-order chi connectivity index (χ0) is 10.6. The van der Waals surface area contributed by atoms with Crippen LogP contribution in [0.15, 0.2) is 16.6 Å². The Morgan fingerprint density at radius 3 is 2.60 bits per heavy atom. The van der Waals surface area contributed by atoms with Crippen molar-refractivity contribution in [2.24, 2.45) is 5.41 Å². The van der Waals surface area contributed by atoms with E-state index in [1.807, 2.05) is 6.07 Å². The third-order valence-corrected chi connectivity index (χ3v) is 5.22. The van der Waals surface area contributed by atoms with Gasteiger partial charge in [-0.2, -0.15) is 0 Å². The molecule has 2 heteroatoms. The fourth-order valence-electron chi connectivity index (χ4n) is 2.78. The van der Waals surface area contributed by atoms with Crippen molar-refractivity contribution in [2.45, 2.75) is 38.5 Å². The number of benzene rings is 1. The zero-order valence-corrected chi connectivity index (χ0v) is 11.2. The zero-order valence-electron chi connectivity index (χ0n) is 8.82. The maximum Gasteiger partial charge on any atom is 0.0452 e. The Kier molecular flexibility index (Phi) is 2.20. The van der Waals surface area contributed by atoms with Crippen LogP contribution in [-0.2, 0) is 0 Å². The molecule has 2 aliphatic rings. The fourth-order valence-corrected chi connectivity index (χ4v) is 3.58. The van der Waals surface area contributed by atoms with Crippen LogP contribution in [0, 0.1) is 12.3 Å². The van der Waals surface area contributed by atoms with Crippen molar-refractivity contribution in [3.63, 3.8) is 0 Å². The molecule has 0 amide bonds. The second-order valence-electron chi connectivity index (χ2n) is 5.23. The standard InChI is InChI=1S/C13H14BrCl/c1-8-4-10(12(15)5-11(8)14)9-6-13(7-9)2-3-13/h4-5,9H,2-3,6-7H2,1H3. The van der Waals surface area contributed by atoms with Gasteiger partial charge in [0, 0.05) is 9.50 Å². The molecule has 0 N–H and O–H groups in total. The quantitative estimate of drug-likeness (QED) is 0.676. The lowest BCUT2D eigenvalue weighted by Crippen LogP contribution is -2.23. The second-order valence-corrected chi connectivity index (χ2v) is 6.49. The molecule has 3 rings (SSSR count). The van der Waals surface area contributed by atoms with Crippen molar-refractivity contribution >= 4 is 27.5 Å². The number of hydrogen-bond donors (Lipinski definition) is 0. The van der Waals surface area contributed by atoms with Crippen molar-refractivity contribution in [1.82, 2.24) is 0 Å². The van der Waals surface area contributed by atoms with Crippen LogP contribution in [0.2, 0.25) is 5.02 Å². The van der Waals surface area contributed by atoms with Crippen LogP contribution >= 0.6 is 27.5 Å². The summed E-state index contributed by atoms with van der Waals surface area (Å²) in [6.45, 7) is 2.13. The van der Waals surface area contributed by atoms with Crippen LogP contribution in [0.3, 0.4) is 0 Å². The third-order valence-electron chi connectivity index (χ3n) is 4.03. The Hall–Kier alpha value is -0.0100. The van der Waals surface area contributed by atoms with Crippen molar-refractivity contribution in [3.8, 4) is 0 Å². The smallest absolute Gasteiger partial charge is 0.0452 e. The molecule has 1 spiro atoms. The lowest BCUT2D eigenvalue weighted by molar-refractivity contribution is 0.237. The number of hydrogen-bond acceptors (Lipinski definition) is 0. The van der Waals surface area contributed by atoms with Gasteiger partial charge in [-0.25, -0.2) is 0 Å². The summed E-state index contributed by atoms with van der Waals surface area (Å²) in [5.74, 6) is 0.729. The van der Waals surface area contributed by atoms with Crippen LogP contribution in [0.4, 0.5) is 0 Å². The molecule has 0 saturated heterocycles. The largest absolute Gasteiger partial charge is 0.0840 e. The van der Waals surface area contributed by atoms with Crippen LogP contribution in [0.25, 0.3) is 0 Å². The van der Waals surface area contributed by atoms with Crippen LogP contribution < -0.4 is 0 Å². The van der Waals surface area contributed by atoms with E-state index in [0.717, 1.165) is 20.8 Å². The highest BCUT2D eigenvalue weighted by atomic mass is 79.9. The Balaban J connectivity index is 1.88. The number of halogens is 2. The van der Waals surface area contributed by atoms with E-state index in [2.05, 4.69) is 28.9 Å². The summed E-state index contributed by atoms with van der Waals surface area (Å²) in [5, 5.41) is 0.938. The summed E-state index contributed by atoms with van der Waals surface area (Å²) < 4.78 is 1.12. The maximum absolute atomic E-state index is 6.29. The number of rotatable bonds is 1. The van der Waals surface area contributed by atoms with Gasteiger partial charge in [-0.3, -0.25) is 0 Å². The van der Waals surface area contributed by atoms with E-state index < -0.39 is 0 Å². The number of aryl methyl sites for hydroxylation is 1. The molecule has 15 heavy (non-hydrogen) atoms. The minimum absolute atomic E-state index is 0.729. The van der Waals surface area contributed by atoms with E-state index in [4.69, 9.17) is 11.6 Å². The molecule has 0 heterocycles. The van der Waals surface area contributed by atoms with E-state index in [0.29, 0.717) is 0 Å².